The van der Waals surface area contributed by atoms with E-state index in [0.29, 0.717) is 19.5 Å². The molecular formula is C26H29FN2O3. The minimum Gasteiger partial charge on any atom is -0.459 e. The van der Waals surface area contributed by atoms with Gasteiger partial charge in [0.15, 0.2) is 0 Å². The van der Waals surface area contributed by atoms with Crippen LogP contribution in [0.15, 0.2) is 47.5 Å². The summed E-state index contributed by atoms with van der Waals surface area (Å²) in [5.74, 6) is -0.410. The van der Waals surface area contributed by atoms with E-state index in [0.717, 1.165) is 40.9 Å². The molecule has 2 heterocycles. The number of ether oxygens (including phenoxy) is 1. The van der Waals surface area contributed by atoms with Crippen LogP contribution in [0, 0.1) is 11.7 Å². The Morgan fingerprint density at radius 1 is 1.16 bits per heavy atom. The molecule has 2 aromatic carbocycles. The van der Waals surface area contributed by atoms with Gasteiger partial charge in [0, 0.05) is 30.0 Å². The average molecular weight is 437 g/mol. The number of esters is 1. The Kier molecular flexibility index (Phi) is 6.24. The number of hydrogen-bond donors (Lipinski definition) is 0. The molecule has 0 saturated carbocycles. The first-order valence-corrected chi connectivity index (χ1v) is 11.1. The van der Waals surface area contributed by atoms with Gasteiger partial charge in [-0.05, 0) is 75.2 Å². The molecule has 0 radical (unpaired) electrons. The lowest BCUT2D eigenvalue weighted by Gasteiger charge is -2.22. The molecule has 32 heavy (non-hydrogen) atoms. The number of nitrogens with zero attached hydrogens (tertiary/aromatic N) is 2. The Hall–Kier alpha value is -2.86. The van der Waals surface area contributed by atoms with E-state index in [1.165, 1.54) is 12.1 Å². The lowest BCUT2D eigenvalue weighted by molar-refractivity contribution is -0.156. The third-order valence-corrected chi connectivity index (χ3v) is 5.83. The van der Waals surface area contributed by atoms with Crippen molar-refractivity contribution < 1.29 is 18.7 Å². The molecule has 1 saturated heterocycles. The van der Waals surface area contributed by atoms with Crippen molar-refractivity contribution >= 4 is 17.5 Å². The number of fused-ring (bicyclic) bond motifs is 1. The Morgan fingerprint density at radius 3 is 2.62 bits per heavy atom. The van der Waals surface area contributed by atoms with Crippen LogP contribution in [0.2, 0.25) is 0 Å². The summed E-state index contributed by atoms with van der Waals surface area (Å²) >= 11 is 0. The topological polar surface area (TPSA) is 59.0 Å². The molecule has 0 bridgehead atoms. The van der Waals surface area contributed by atoms with Crippen molar-refractivity contribution in [3.8, 4) is 0 Å². The molecule has 0 spiro atoms. The predicted molar refractivity (Wildman–Crippen MR) is 121 cm³/mol. The molecule has 5 nitrogen and oxygen atoms in total. The number of ketones is 1. The Morgan fingerprint density at radius 2 is 1.91 bits per heavy atom. The SMILES string of the molecule is CC(C)(C)OC(=O)CN1CCC(C(=O)Cc2ccc3c(c2)C(c2ccc(F)cc2)=NC3)C1. The van der Waals surface area contributed by atoms with Crippen LogP contribution in [-0.2, 0) is 27.3 Å². The van der Waals surface area contributed by atoms with Crippen molar-refractivity contribution in [3.05, 3.63) is 70.5 Å². The van der Waals surface area contributed by atoms with Gasteiger partial charge in [0.05, 0.1) is 18.8 Å². The third kappa shape index (κ3) is 5.30. The van der Waals surface area contributed by atoms with E-state index in [1.807, 2.05) is 43.9 Å². The lowest BCUT2D eigenvalue weighted by Crippen LogP contribution is -2.34. The zero-order chi connectivity index (χ0) is 22.9. The van der Waals surface area contributed by atoms with Crippen molar-refractivity contribution in [3.63, 3.8) is 0 Å². The fourth-order valence-electron chi connectivity index (χ4n) is 4.34. The maximum atomic E-state index is 13.3. The largest absolute Gasteiger partial charge is 0.459 e. The average Bonchev–Trinajstić information content (AvgIpc) is 3.34. The maximum Gasteiger partial charge on any atom is 0.320 e. The molecule has 2 aromatic rings. The zero-order valence-electron chi connectivity index (χ0n) is 18.9. The molecule has 0 amide bonds. The summed E-state index contributed by atoms with van der Waals surface area (Å²) in [6.07, 6.45) is 1.11. The van der Waals surface area contributed by atoms with Gasteiger partial charge in [-0.25, -0.2) is 4.39 Å². The van der Waals surface area contributed by atoms with E-state index in [1.54, 1.807) is 12.1 Å². The highest BCUT2D eigenvalue weighted by Crippen LogP contribution is 2.26. The van der Waals surface area contributed by atoms with E-state index in [4.69, 9.17) is 4.74 Å². The minimum atomic E-state index is -0.504. The molecule has 1 fully saturated rings. The van der Waals surface area contributed by atoms with Gasteiger partial charge in [-0.2, -0.15) is 0 Å². The summed E-state index contributed by atoms with van der Waals surface area (Å²) in [5, 5.41) is 0. The number of carbonyl (C=O) groups excluding carboxylic acids is 2. The van der Waals surface area contributed by atoms with E-state index in [-0.39, 0.29) is 30.0 Å². The Bertz CT molecular complexity index is 1050. The molecule has 0 aliphatic carbocycles. The standard InChI is InChI=1S/C26H29FN2O3/c1-26(2,3)32-24(31)16-29-11-10-20(15-29)23(30)13-17-4-5-19-14-28-25(22(19)12-17)18-6-8-21(27)9-7-18/h4-9,12,20H,10-11,13-16H2,1-3H3. The van der Waals surface area contributed by atoms with Gasteiger partial charge >= 0.3 is 5.97 Å². The second-order valence-electron chi connectivity index (χ2n) is 9.61. The highest BCUT2D eigenvalue weighted by atomic mass is 19.1. The smallest absolute Gasteiger partial charge is 0.320 e. The van der Waals surface area contributed by atoms with Crippen LogP contribution in [0.1, 0.15) is 49.4 Å². The number of rotatable bonds is 6. The van der Waals surface area contributed by atoms with Crippen LogP contribution < -0.4 is 0 Å². The van der Waals surface area contributed by atoms with Crippen LogP contribution in [0.5, 0.6) is 0 Å². The molecule has 1 atom stereocenters. The second-order valence-corrected chi connectivity index (χ2v) is 9.61. The summed E-state index contributed by atoms with van der Waals surface area (Å²) in [5.41, 5.74) is 4.30. The molecular weight excluding hydrogens is 407 g/mol. The lowest BCUT2D eigenvalue weighted by atomic mass is 9.93. The summed E-state index contributed by atoms with van der Waals surface area (Å²) in [6, 6.07) is 12.4. The van der Waals surface area contributed by atoms with E-state index >= 15 is 0 Å². The van der Waals surface area contributed by atoms with Gasteiger partial charge in [0.2, 0.25) is 0 Å². The number of carbonyl (C=O) groups is 2. The highest BCUT2D eigenvalue weighted by Gasteiger charge is 2.30. The molecule has 168 valence electrons. The van der Waals surface area contributed by atoms with Crippen molar-refractivity contribution in [1.29, 1.82) is 0 Å². The molecule has 2 aliphatic rings. The van der Waals surface area contributed by atoms with E-state index < -0.39 is 5.60 Å². The summed E-state index contributed by atoms with van der Waals surface area (Å²) < 4.78 is 18.7. The maximum absolute atomic E-state index is 13.3. The molecule has 6 heteroatoms. The van der Waals surface area contributed by atoms with Crippen molar-refractivity contribution in [2.45, 2.75) is 45.8 Å². The number of aliphatic imine (C=N–C) groups is 1. The first-order valence-electron chi connectivity index (χ1n) is 11.1. The summed E-state index contributed by atoms with van der Waals surface area (Å²) in [4.78, 5) is 31.6. The van der Waals surface area contributed by atoms with E-state index in [2.05, 4.69) is 4.99 Å². The second kappa shape index (κ2) is 8.94. The molecule has 4 rings (SSSR count). The predicted octanol–water partition coefficient (Wildman–Crippen LogP) is 3.95. The van der Waals surface area contributed by atoms with Gasteiger partial charge in [-0.1, -0.05) is 12.1 Å². The Balaban J connectivity index is 1.38. The molecule has 2 aliphatic heterocycles. The van der Waals surface area contributed by atoms with Crippen molar-refractivity contribution in [2.75, 3.05) is 19.6 Å². The van der Waals surface area contributed by atoms with Crippen molar-refractivity contribution in [1.82, 2.24) is 4.90 Å². The first-order chi connectivity index (χ1) is 15.2. The van der Waals surface area contributed by atoms with Crippen LogP contribution in [0.25, 0.3) is 0 Å². The van der Waals surface area contributed by atoms with Gasteiger partial charge in [0.25, 0.3) is 0 Å². The highest BCUT2D eigenvalue weighted by molar-refractivity contribution is 6.15. The fraction of sp³-hybridized carbons (Fsp3) is 0.423. The zero-order valence-corrected chi connectivity index (χ0v) is 18.9. The normalized spacial score (nSPS) is 18.4. The van der Waals surface area contributed by atoms with Crippen LogP contribution in [0.3, 0.4) is 0 Å². The number of hydrogen-bond acceptors (Lipinski definition) is 5. The van der Waals surface area contributed by atoms with Crippen LogP contribution in [-0.4, -0.2) is 47.6 Å². The fourth-order valence-corrected chi connectivity index (χ4v) is 4.34. The van der Waals surface area contributed by atoms with Gasteiger partial charge in [-0.15, -0.1) is 0 Å². The van der Waals surface area contributed by atoms with Gasteiger partial charge < -0.3 is 4.74 Å². The summed E-state index contributed by atoms with van der Waals surface area (Å²) in [6.45, 7) is 7.68. The quantitative estimate of drug-likeness (QED) is 0.644. The molecule has 0 N–H and O–H groups in total. The number of halogens is 1. The molecule has 1 unspecified atom stereocenters. The number of likely N-dealkylation sites (tertiary alicyclic amines) is 1. The monoisotopic (exact) mass is 436 g/mol. The van der Waals surface area contributed by atoms with Gasteiger partial charge in [0.1, 0.15) is 17.2 Å². The Labute approximate surface area is 188 Å². The van der Waals surface area contributed by atoms with Gasteiger partial charge in [-0.3, -0.25) is 19.5 Å². The molecule has 0 aromatic heterocycles. The number of Topliss-reactive ketones (excluding diaryl/α,β-unsaturated/α-hetero) is 1. The van der Waals surface area contributed by atoms with Crippen LogP contribution >= 0.6 is 0 Å². The van der Waals surface area contributed by atoms with Crippen molar-refractivity contribution in [2.24, 2.45) is 10.9 Å². The van der Waals surface area contributed by atoms with E-state index in [9.17, 15) is 14.0 Å². The van der Waals surface area contributed by atoms with Crippen LogP contribution in [0.4, 0.5) is 4.39 Å². The first kappa shape index (κ1) is 22.3. The number of benzene rings is 2. The summed E-state index contributed by atoms with van der Waals surface area (Å²) in [7, 11) is 0. The third-order valence-electron chi connectivity index (χ3n) is 5.83. The minimum absolute atomic E-state index is 0.0732.